The summed E-state index contributed by atoms with van der Waals surface area (Å²) in [7, 11) is 0. The van der Waals surface area contributed by atoms with Crippen LogP contribution in [0, 0.1) is 0 Å². The maximum Gasteiger partial charge on any atom is 0.319 e. The largest absolute Gasteiger partial charge is 0.336 e. The van der Waals surface area contributed by atoms with Crippen LogP contribution < -0.4 is 10.6 Å². The molecule has 0 spiro atoms. The highest BCUT2D eigenvalue weighted by Crippen LogP contribution is 1.93. The van der Waals surface area contributed by atoms with Crippen LogP contribution in [0.15, 0.2) is 36.1 Å². The Hall–Kier alpha value is -1.51. The van der Waals surface area contributed by atoms with Gasteiger partial charge in [0.1, 0.15) is 0 Å². The van der Waals surface area contributed by atoms with Crippen LogP contribution in [-0.4, -0.2) is 12.1 Å². The van der Waals surface area contributed by atoms with Crippen molar-refractivity contribution in [3.8, 4) is 0 Å². The Bertz CT molecular complexity index is 275. The van der Waals surface area contributed by atoms with E-state index in [1.165, 1.54) is 0 Å². The van der Waals surface area contributed by atoms with Crippen LogP contribution in [0.5, 0.6) is 0 Å². The van der Waals surface area contributed by atoms with Crippen molar-refractivity contribution in [2.24, 2.45) is 0 Å². The summed E-state index contributed by atoms with van der Waals surface area (Å²) in [6.07, 6.45) is 9.36. The molecule has 3 nitrogen and oxygen atoms in total. The second-order valence-electron chi connectivity index (χ2n) is 3.40. The average Bonchev–Trinajstić information content (AvgIpc) is 2.13. The van der Waals surface area contributed by atoms with Crippen molar-refractivity contribution in [1.82, 2.24) is 10.6 Å². The zero-order valence-corrected chi connectivity index (χ0v) is 9.87. The zero-order valence-electron chi connectivity index (χ0n) is 9.87. The maximum atomic E-state index is 11.4. The van der Waals surface area contributed by atoms with Crippen molar-refractivity contribution in [2.75, 3.05) is 0 Å². The van der Waals surface area contributed by atoms with E-state index in [0.29, 0.717) is 0 Å². The normalized spacial score (nSPS) is 12.7. The predicted octanol–water partition coefficient (Wildman–Crippen LogP) is 2.73. The Morgan fingerprint density at radius 1 is 1.20 bits per heavy atom. The molecule has 0 aliphatic rings. The van der Waals surface area contributed by atoms with E-state index in [1.54, 1.807) is 0 Å². The summed E-state index contributed by atoms with van der Waals surface area (Å²) in [6.45, 7) is 7.68. The van der Waals surface area contributed by atoms with Gasteiger partial charge >= 0.3 is 6.03 Å². The number of hydrogen-bond acceptors (Lipinski definition) is 1. The first-order valence-electron chi connectivity index (χ1n) is 5.13. The fourth-order valence-electron chi connectivity index (χ4n) is 0.948. The first kappa shape index (κ1) is 13.5. The van der Waals surface area contributed by atoms with E-state index in [4.69, 9.17) is 0 Å². The van der Waals surface area contributed by atoms with Gasteiger partial charge in [0.2, 0.25) is 0 Å². The Morgan fingerprint density at radius 3 is 2.33 bits per heavy atom. The first-order chi connectivity index (χ1) is 7.10. The molecule has 0 aliphatic heterocycles. The second-order valence-corrected chi connectivity index (χ2v) is 3.40. The molecule has 0 aliphatic carbocycles. The summed E-state index contributed by atoms with van der Waals surface area (Å²) in [4.78, 5) is 11.4. The zero-order chi connectivity index (χ0) is 11.7. The van der Waals surface area contributed by atoms with Gasteiger partial charge in [0.05, 0.1) is 0 Å². The molecule has 0 unspecified atom stereocenters. The number of carbonyl (C=O) groups excluding carboxylic acids is 1. The Balaban J connectivity index is 4.35. The molecule has 0 atom stereocenters. The molecule has 0 aromatic carbocycles. The van der Waals surface area contributed by atoms with E-state index in [9.17, 15) is 4.79 Å². The SMILES string of the molecule is C\C=C/C=C(\C=C/C)NC(=O)NC(C)C. The molecule has 0 fully saturated rings. The molecule has 0 heterocycles. The van der Waals surface area contributed by atoms with Gasteiger partial charge in [0.25, 0.3) is 0 Å². The molecule has 2 amide bonds. The molecule has 0 rings (SSSR count). The number of allylic oxidation sites excluding steroid dienone is 5. The monoisotopic (exact) mass is 208 g/mol. The summed E-state index contributed by atoms with van der Waals surface area (Å²) in [6, 6.07) is -0.0440. The van der Waals surface area contributed by atoms with Gasteiger partial charge in [-0.2, -0.15) is 0 Å². The van der Waals surface area contributed by atoms with Gasteiger partial charge in [0.15, 0.2) is 0 Å². The molecule has 0 radical (unpaired) electrons. The first-order valence-corrected chi connectivity index (χ1v) is 5.13. The van der Waals surface area contributed by atoms with Crippen LogP contribution in [0.1, 0.15) is 27.7 Å². The Labute approximate surface area is 91.9 Å². The number of amides is 2. The molecule has 0 aromatic rings. The third kappa shape index (κ3) is 7.55. The summed E-state index contributed by atoms with van der Waals surface area (Å²) >= 11 is 0. The lowest BCUT2D eigenvalue weighted by Gasteiger charge is -2.10. The lowest BCUT2D eigenvalue weighted by molar-refractivity contribution is 0.241. The van der Waals surface area contributed by atoms with Crippen LogP contribution in [-0.2, 0) is 0 Å². The standard InChI is InChI=1S/C12H20N2O/c1-5-7-9-11(8-6-2)14-12(15)13-10(3)4/h5-10H,1-4H3,(H2,13,14,15)/b7-5-,8-6-,11-9+. The summed E-state index contributed by atoms with van der Waals surface area (Å²) < 4.78 is 0. The topological polar surface area (TPSA) is 41.1 Å². The van der Waals surface area contributed by atoms with Gasteiger partial charge in [-0.05, 0) is 39.8 Å². The van der Waals surface area contributed by atoms with Crippen molar-refractivity contribution >= 4 is 6.03 Å². The highest BCUT2D eigenvalue weighted by Gasteiger charge is 2.02. The van der Waals surface area contributed by atoms with Crippen LogP contribution >= 0.6 is 0 Å². The Kier molecular flexibility index (Phi) is 7.06. The van der Waals surface area contributed by atoms with Gasteiger partial charge < -0.3 is 10.6 Å². The van der Waals surface area contributed by atoms with Crippen molar-refractivity contribution < 1.29 is 4.79 Å². The van der Waals surface area contributed by atoms with Crippen molar-refractivity contribution in [1.29, 1.82) is 0 Å². The van der Waals surface area contributed by atoms with Gasteiger partial charge in [-0.1, -0.05) is 18.2 Å². The van der Waals surface area contributed by atoms with Crippen LogP contribution in [0.25, 0.3) is 0 Å². The lowest BCUT2D eigenvalue weighted by atomic mass is 10.3. The number of rotatable bonds is 4. The number of urea groups is 1. The lowest BCUT2D eigenvalue weighted by Crippen LogP contribution is -2.38. The molecule has 0 aromatic heterocycles. The van der Waals surface area contributed by atoms with Crippen molar-refractivity contribution in [3.05, 3.63) is 36.1 Å². The van der Waals surface area contributed by atoms with E-state index >= 15 is 0 Å². The average molecular weight is 208 g/mol. The van der Waals surface area contributed by atoms with Crippen molar-refractivity contribution in [2.45, 2.75) is 33.7 Å². The smallest absolute Gasteiger partial charge is 0.319 e. The van der Waals surface area contributed by atoms with Gasteiger partial charge in [-0.3, -0.25) is 0 Å². The minimum Gasteiger partial charge on any atom is -0.336 e. The number of nitrogens with one attached hydrogen (secondary N) is 2. The van der Waals surface area contributed by atoms with Gasteiger partial charge in [0, 0.05) is 11.7 Å². The van der Waals surface area contributed by atoms with E-state index in [1.807, 2.05) is 58.1 Å². The molecule has 0 saturated heterocycles. The molecule has 84 valence electrons. The van der Waals surface area contributed by atoms with Crippen LogP contribution in [0.4, 0.5) is 4.79 Å². The number of hydrogen-bond donors (Lipinski definition) is 2. The van der Waals surface area contributed by atoms with E-state index in [-0.39, 0.29) is 12.1 Å². The minimum absolute atomic E-state index is 0.138. The highest BCUT2D eigenvalue weighted by molar-refractivity contribution is 5.76. The molecular formula is C12H20N2O. The van der Waals surface area contributed by atoms with Crippen LogP contribution in [0.2, 0.25) is 0 Å². The molecule has 2 N–H and O–H groups in total. The molecule has 3 heteroatoms. The molecule has 0 saturated carbocycles. The summed E-state index contributed by atoms with van der Waals surface area (Å²) in [5, 5.41) is 5.52. The Morgan fingerprint density at radius 2 is 1.87 bits per heavy atom. The third-order valence-corrected chi connectivity index (χ3v) is 1.49. The summed E-state index contributed by atoms with van der Waals surface area (Å²) in [5.41, 5.74) is 0.772. The fraction of sp³-hybridized carbons (Fsp3) is 0.417. The quantitative estimate of drug-likeness (QED) is 0.685. The number of carbonyl (C=O) groups is 1. The van der Waals surface area contributed by atoms with E-state index < -0.39 is 0 Å². The van der Waals surface area contributed by atoms with Gasteiger partial charge in [-0.15, -0.1) is 0 Å². The second kappa shape index (κ2) is 7.85. The third-order valence-electron chi connectivity index (χ3n) is 1.49. The van der Waals surface area contributed by atoms with E-state index in [2.05, 4.69) is 10.6 Å². The molecule has 15 heavy (non-hydrogen) atoms. The predicted molar refractivity (Wildman–Crippen MR) is 64.5 cm³/mol. The maximum absolute atomic E-state index is 11.4. The van der Waals surface area contributed by atoms with E-state index in [0.717, 1.165) is 5.70 Å². The van der Waals surface area contributed by atoms with Gasteiger partial charge in [-0.25, -0.2) is 4.79 Å². The highest BCUT2D eigenvalue weighted by atomic mass is 16.2. The molecule has 0 bridgehead atoms. The summed E-state index contributed by atoms with van der Waals surface area (Å²) in [5.74, 6) is 0. The van der Waals surface area contributed by atoms with Crippen LogP contribution in [0.3, 0.4) is 0 Å². The fourth-order valence-corrected chi connectivity index (χ4v) is 0.948. The van der Waals surface area contributed by atoms with Crippen molar-refractivity contribution in [3.63, 3.8) is 0 Å². The minimum atomic E-state index is -0.182. The molecular weight excluding hydrogens is 188 g/mol.